The minimum atomic E-state index is 0.145. The zero-order valence-electron chi connectivity index (χ0n) is 13.6. The van der Waals surface area contributed by atoms with E-state index >= 15 is 0 Å². The summed E-state index contributed by atoms with van der Waals surface area (Å²) < 4.78 is 7.03. The Morgan fingerprint density at radius 3 is 2.75 bits per heavy atom. The number of rotatable bonds is 5. The minimum absolute atomic E-state index is 0.145. The number of benzene rings is 1. The summed E-state index contributed by atoms with van der Waals surface area (Å²) in [5.74, 6) is 0.857. The molecule has 0 saturated carbocycles. The predicted octanol–water partition coefficient (Wildman–Crippen LogP) is 2.93. The van der Waals surface area contributed by atoms with Gasteiger partial charge in [-0.3, -0.25) is 0 Å². The molecule has 2 heterocycles. The van der Waals surface area contributed by atoms with E-state index in [1.54, 1.807) is 17.3 Å². The molecule has 24 heavy (non-hydrogen) atoms. The van der Waals surface area contributed by atoms with Crippen molar-refractivity contribution in [2.75, 3.05) is 7.05 Å². The van der Waals surface area contributed by atoms with Crippen LogP contribution in [-0.4, -0.2) is 31.8 Å². The summed E-state index contributed by atoms with van der Waals surface area (Å²) in [6, 6.07) is 12.1. The molecule has 1 aromatic carbocycles. The molecule has 0 unspecified atom stereocenters. The van der Waals surface area contributed by atoms with E-state index < -0.39 is 0 Å². The van der Waals surface area contributed by atoms with Gasteiger partial charge in [-0.1, -0.05) is 12.1 Å². The van der Waals surface area contributed by atoms with Crippen LogP contribution < -0.4 is 5.32 Å². The fourth-order valence-electron chi connectivity index (χ4n) is 2.35. The number of furan rings is 1. The molecular weight excluding hydrogens is 322 g/mol. The molecule has 0 radical (unpaired) electrons. The first-order valence-corrected chi connectivity index (χ1v) is 8.04. The van der Waals surface area contributed by atoms with Crippen molar-refractivity contribution in [3.8, 4) is 5.69 Å². The van der Waals surface area contributed by atoms with Gasteiger partial charge in [-0.25, -0.2) is 9.67 Å². The van der Waals surface area contributed by atoms with Gasteiger partial charge in [0.25, 0.3) is 0 Å². The molecule has 0 saturated heterocycles. The lowest BCUT2D eigenvalue weighted by Crippen LogP contribution is -2.38. The molecule has 0 spiro atoms. The fraction of sp³-hybridized carbons (Fsp3) is 0.235. The third kappa shape index (κ3) is 3.62. The highest BCUT2D eigenvalue weighted by molar-refractivity contribution is 7.80. The van der Waals surface area contributed by atoms with Gasteiger partial charge >= 0.3 is 0 Å². The van der Waals surface area contributed by atoms with Crippen molar-refractivity contribution in [1.82, 2.24) is 25.0 Å². The maximum absolute atomic E-state index is 5.47. The van der Waals surface area contributed by atoms with Gasteiger partial charge in [0, 0.05) is 7.05 Å². The van der Waals surface area contributed by atoms with E-state index in [4.69, 9.17) is 16.6 Å². The third-order valence-corrected chi connectivity index (χ3v) is 4.39. The average molecular weight is 341 g/mol. The maximum atomic E-state index is 5.47. The van der Waals surface area contributed by atoms with Gasteiger partial charge in [-0.15, -0.1) is 0 Å². The van der Waals surface area contributed by atoms with Gasteiger partial charge in [-0.05, 0) is 49.0 Å². The van der Waals surface area contributed by atoms with Crippen LogP contribution in [0.15, 0.2) is 59.7 Å². The SMILES string of the molecule is C[C@@H](c1ccc(-n2cncn2)cc1)N(C)C(=S)NCc1ccco1. The lowest BCUT2D eigenvalue weighted by Gasteiger charge is -2.28. The summed E-state index contributed by atoms with van der Waals surface area (Å²) in [5.41, 5.74) is 2.15. The number of thiocarbonyl (C=S) groups is 1. The second-order valence-electron chi connectivity index (χ2n) is 5.46. The zero-order valence-corrected chi connectivity index (χ0v) is 14.4. The van der Waals surface area contributed by atoms with E-state index in [0.29, 0.717) is 11.7 Å². The van der Waals surface area contributed by atoms with Crippen LogP contribution in [0.25, 0.3) is 5.69 Å². The molecule has 0 aliphatic rings. The Labute approximate surface area is 146 Å². The van der Waals surface area contributed by atoms with Crippen molar-refractivity contribution in [2.45, 2.75) is 19.5 Å². The van der Waals surface area contributed by atoms with Crippen LogP contribution >= 0.6 is 12.2 Å². The highest BCUT2D eigenvalue weighted by atomic mass is 32.1. The molecule has 6 nitrogen and oxygen atoms in total. The van der Waals surface area contributed by atoms with Crippen molar-refractivity contribution in [3.05, 3.63) is 66.6 Å². The normalized spacial score (nSPS) is 11.9. The van der Waals surface area contributed by atoms with Crippen LogP contribution in [0, 0.1) is 0 Å². The molecule has 0 aliphatic heterocycles. The predicted molar refractivity (Wildman–Crippen MR) is 95.7 cm³/mol. The summed E-state index contributed by atoms with van der Waals surface area (Å²) in [7, 11) is 1.98. The first kappa shape index (κ1) is 16.2. The van der Waals surface area contributed by atoms with Gasteiger partial charge in [0.2, 0.25) is 0 Å². The monoisotopic (exact) mass is 341 g/mol. The molecular formula is C17H19N5OS. The molecule has 0 bridgehead atoms. The highest BCUT2D eigenvalue weighted by Crippen LogP contribution is 2.20. The topological polar surface area (TPSA) is 59.1 Å². The van der Waals surface area contributed by atoms with Gasteiger partial charge in [0.05, 0.1) is 24.5 Å². The van der Waals surface area contributed by atoms with E-state index in [2.05, 4.69) is 34.5 Å². The first-order chi connectivity index (χ1) is 11.6. The zero-order chi connectivity index (χ0) is 16.9. The summed E-state index contributed by atoms with van der Waals surface area (Å²) in [5, 5.41) is 8.02. The van der Waals surface area contributed by atoms with Gasteiger partial charge in [0.15, 0.2) is 5.11 Å². The van der Waals surface area contributed by atoms with Gasteiger partial charge in [0.1, 0.15) is 18.4 Å². The Kier molecular flexibility index (Phi) is 4.90. The average Bonchev–Trinajstić information content (AvgIpc) is 3.32. The molecule has 1 N–H and O–H groups in total. The van der Waals surface area contributed by atoms with E-state index in [-0.39, 0.29) is 6.04 Å². The van der Waals surface area contributed by atoms with Crippen LogP contribution in [-0.2, 0) is 6.54 Å². The molecule has 0 amide bonds. The van der Waals surface area contributed by atoms with Crippen LogP contribution in [0.2, 0.25) is 0 Å². The minimum Gasteiger partial charge on any atom is -0.467 e. The van der Waals surface area contributed by atoms with Crippen molar-refractivity contribution in [1.29, 1.82) is 0 Å². The number of nitrogens with zero attached hydrogens (tertiary/aromatic N) is 4. The number of hydrogen-bond acceptors (Lipinski definition) is 4. The van der Waals surface area contributed by atoms with Crippen molar-refractivity contribution in [3.63, 3.8) is 0 Å². The number of nitrogens with one attached hydrogen (secondary N) is 1. The van der Waals surface area contributed by atoms with Crippen molar-refractivity contribution < 1.29 is 4.42 Å². The van der Waals surface area contributed by atoms with E-state index in [0.717, 1.165) is 11.4 Å². The fourth-order valence-corrected chi connectivity index (χ4v) is 2.58. The van der Waals surface area contributed by atoms with Gasteiger partial charge in [-0.2, -0.15) is 5.10 Å². The van der Waals surface area contributed by atoms with Crippen LogP contribution in [0.4, 0.5) is 0 Å². The van der Waals surface area contributed by atoms with Crippen molar-refractivity contribution in [2.24, 2.45) is 0 Å². The largest absolute Gasteiger partial charge is 0.467 e. The number of hydrogen-bond donors (Lipinski definition) is 1. The van der Waals surface area contributed by atoms with Crippen molar-refractivity contribution >= 4 is 17.3 Å². The Hall–Kier alpha value is -2.67. The molecule has 0 aliphatic carbocycles. The highest BCUT2D eigenvalue weighted by Gasteiger charge is 2.15. The van der Waals surface area contributed by atoms with Gasteiger partial charge < -0.3 is 14.6 Å². The lowest BCUT2D eigenvalue weighted by atomic mass is 10.1. The Bertz CT molecular complexity index is 768. The van der Waals surface area contributed by atoms with E-state index in [1.807, 2.05) is 36.2 Å². The summed E-state index contributed by atoms with van der Waals surface area (Å²) in [6.07, 6.45) is 4.86. The number of aromatic nitrogens is 3. The Morgan fingerprint density at radius 2 is 2.12 bits per heavy atom. The van der Waals surface area contributed by atoms with Crippen LogP contribution in [0.3, 0.4) is 0 Å². The first-order valence-electron chi connectivity index (χ1n) is 7.63. The molecule has 7 heteroatoms. The van der Waals surface area contributed by atoms with Crippen LogP contribution in [0.1, 0.15) is 24.3 Å². The molecule has 124 valence electrons. The second kappa shape index (κ2) is 7.27. The molecule has 3 aromatic rings. The Morgan fingerprint density at radius 1 is 1.33 bits per heavy atom. The van der Waals surface area contributed by atoms with E-state index in [9.17, 15) is 0 Å². The smallest absolute Gasteiger partial charge is 0.169 e. The van der Waals surface area contributed by atoms with E-state index in [1.165, 1.54) is 11.9 Å². The summed E-state index contributed by atoms with van der Waals surface area (Å²) >= 11 is 5.47. The molecule has 0 fully saturated rings. The molecule has 3 rings (SSSR count). The maximum Gasteiger partial charge on any atom is 0.169 e. The van der Waals surface area contributed by atoms with Crippen LogP contribution in [0.5, 0.6) is 0 Å². The summed E-state index contributed by atoms with van der Waals surface area (Å²) in [6.45, 7) is 2.69. The third-order valence-electron chi connectivity index (χ3n) is 3.95. The molecule has 1 atom stereocenters. The molecule has 2 aromatic heterocycles. The standard InChI is InChI=1S/C17H19N5OS/c1-13(21(2)17(24)19-10-16-4-3-9-23-16)14-5-7-15(8-6-14)22-12-18-11-20-22/h3-9,11-13H,10H2,1-2H3,(H,19,24)/t13-/m0/s1. The second-order valence-corrected chi connectivity index (χ2v) is 5.84. The lowest BCUT2D eigenvalue weighted by molar-refractivity contribution is 0.392. The quantitative estimate of drug-likeness (QED) is 0.720. The summed E-state index contributed by atoms with van der Waals surface area (Å²) in [4.78, 5) is 5.99. The Balaban J connectivity index is 1.62.